The fourth-order valence-corrected chi connectivity index (χ4v) is 5.22. The van der Waals surface area contributed by atoms with Crippen LogP contribution >= 0.6 is 11.8 Å². The number of hydrogen-bond donors (Lipinski definition) is 1. The Hall–Kier alpha value is -2.54. The van der Waals surface area contributed by atoms with Crippen LogP contribution < -0.4 is 4.90 Å². The molecule has 0 unspecified atom stereocenters. The van der Waals surface area contributed by atoms with E-state index in [-0.39, 0.29) is 5.75 Å². The summed E-state index contributed by atoms with van der Waals surface area (Å²) in [5, 5.41) is 2.11. The minimum absolute atomic E-state index is 0.207. The quantitative estimate of drug-likeness (QED) is 0.377. The van der Waals surface area contributed by atoms with E-state index in [0.717, 1.165) is 34.6 Å². The second-order valence-corrected chi connectivity index (χ2v) is 9.70. The van der Waals surface area contributed by atoms with Crippen molar-refractivity contribution < 1.29 is 13.0 Å². The Balaban J connectivity index is 1.67. The first-order chi connectivity index (χ1) is 14.5. The van der Waals surface area contributed by atoms with Crippen molar-refractivity contribution >= 4 is 38.8 Å². The second-order valence-electron chi connectivity index (χ2n) is 7.15. The Labute approximate surface area is 182 Å². The molecule has 4 rings (SSSR count). The van der Waals surface area contributed by atoms with Gasteiger partial charge in [0.1, 0.15) is 0 Å². The molecule has 0 radical (unpaired) electrons. The lowest BCUT2D eigenvalue weighted by Gasteiger charge is -2.34. The highest BCUT2D eigenvalue weighted by atomic mass is 32.2. The zero-order valence-electron chi connectivity index (χ0n) is 16.4. The zero-order valence-corrected chi connectivity index (χ0v) is 18.1. The normalized spacial score (nSPS) is 13.0. The van der Waals surface area contributed by atoms with Gasteiger partial charge in [0.25, 0.3) is 10.1 Å². The van der Waals surface area contributed by atoms with Gasteiger partial charge in [-0.15, -0.1) is 11.8 Å². The third-order valence-corrected chi connectivity index (χ3v) is 6.75. The van der Waals surface area contributed by atoms with Crippen LogP contribution in [0, 0.1) is 0 Å². The van der Waals surface area contributed by atoms with Crippen molar-refractivity contribution in [3.05, 3.63) is 101 Å². The molecule has 3 aromatic rings. The van der Waals surface area contributed by atoms with Crippen LogP contribution in [0.3, 0.4) is 0 Å². The van der Waals surface area contributed by atoms with Gasteiger partial charge in [-0.2, -0.15) is 8.42 Å². The molecule has 0 saturated heterocycles. The number of thioether (sulfide) groups is 1. The largest absolute Gasteiger partial charge is 0.336 e. The standard InChI is InChI=1S/C24H23NO3S2/c26-30(27,28)16-8-15-29-18-22-20-11-4-6-13-23(20)25(17-19-9-2-1-3-10-19)24-14-7-5-12-21(22)24/h1-7,9-14,18H,8,15-17H2,(H,26,27,28). The summed E-state index contributed by atoms with van der Waals surface area (Å²) in [6.45, 7) is 0.781. The van der Waals surface area contributed by atoms with E-state index in [9.17, 15) is 8.42 Å². The molecule has 1 heterocycles. The van der Waals surface area contributed by atoms with Gasteiger partial charge >= 0.3 is 0 Å². The van der Waals surface area contributed by atoms with E-state index in [2.05, 4.69) is 71.0 Å². The van der Waals surface area contributed by atoms with Crippen molar-refractivity contribution in [1.29, 1.82) is 0 Å². The van der Waals surface area contributed by atoms with E-state index in [1.807, 2.05) is 18.2 Å². The highest BCUT2D eigenvalue weighted by molar-refractivity contribution is 8.02. The monoisotopic (exact) mass is 437 g/mol. The molecule has 30 heavy (non-hydrogen) atoms. The summed E-state index contributed by atoms with van der Waals surface area (Å²) >= 11 is 1.58. The maximum atomic E-state index is 10.9. The molecule has 0 aromatic heterocycles. The molecule has 0 spiro atoms. The number of benzene rings is 3. The Bertz CT molecular complexity index is 1110. The third-order valence-electron chi connectivity index (χ3n) is 5.02. The van der Waals surface area contributed by atoms with E-state index in [1.165, 1.54) is 5.56 Å². The predicted octanol–water partition coefficient (Wildman–Crippen LogP) is 5.74. The van der Waals surface area contributed by atoms with Crippen LogP contribution in [0.2, 0.25) is 0 Å². The Morgan fingerprint density at radius 1 is 0.833 bits per heavy atom. The van der Waals surface area contributed by atoms with Crippen molar-refractivity contribution in [2.75, 3.05) is 16.4 Å². The number of hydrogen-bond acceptors (Lipinski definition) is 4. The number of nitrogens with zero attached hydrogens (tertiary/aromatic N) is 1. The molecule has 6 heteroatoms. The fraction of sp³-hybridized carbons (Fsp3) is 0.167. The van der Waals surface area contributed by atoms with Crippen molar-refractivity contribution in [2.24, 2.45) is 0 Å². The van der Waals surface area contributed by atoms with Crippen LogP contribution in [0.1, 0.15) is 23.1 Å². The van der Waals surface area contributed by atoms with E-state index >= 15 is 0 Å². The molecule has 1 aliphatic heterocycles. The van der Waals surface area contributed by atoms with Gasteiger partial charge in [-0.3, -0.25) is 4.55 Å². The summed E-state index contributed by atoms with van der Waals surface area (Å²) in [4.78, 5) is 2.35. The molecule has 0 saturated carbocycles. The Morgan fingerprint density at radius 2 is 1.40 bits per heavy atom. The molecule has 0 atom stereocenters. The molecule has 0 fully saturated rings. The number of fused-ring (bicyclic) bond motifs is 2. The molecular formula is C24H23NO3S2. The Kier molecular flexibility index (Phi) is 6.27. The van der Waals surface area contributed by atoms with Gasteiger partial charge in [0.15, 0.2) is 0 Å². The van der Waals surface area contributed by atoms with Crippen LogP contribution in [-0.2, 0) is 16.7 Å². The maximum Gasteiger partial charge on any atom is 0.264 e. The minimum Gasteiger partial charge on any atom is -0.336 e. The number of para-hydroxylation sites is 2. The summed E-state index contributed by atoms with van der Waals surface area (Å²) in [5.74, 6) is 0.419. The zero-order chi connectivity index (χ0) is 21.0. The molecular weight excluding hydrogens is 414 g/mol. The Morgan fingerprint density at radius 3 is 2.00 bits per heavy atom. The van der Waals surface area contributed by atoms with E-state index < -0.39 is 10.1 Å². The first kappa shape index (κ1) is 20.7. The van der Waals surface area contributed by atoms with Gasteiger partial charge in [-0.1, -0.05) is 66.7 Å². The van der Waals surface area contributed by atoms with Gasteiger partial charge in [0, 0.05) is 29.0 Å². The van der Waals surface area contributed by atoms with Crippen molar-refractivity contribution in [1.82, 2.24) is 0 Å². The van der Waals surface area contributed by atoms with Crippen LogP contribution in [0.4, 0.5) is 11.4 Å². The highest BCUT2D eigenvalue weighted by Gasteiger charge is 2.25. The smallest absolute Gasteiger partial charge is 0.264 e. The predicted molar refractivity (Wildman–Crippen MR) is 126 cm³/mol. The molecule has 3 aromatic carbocycles. The molecule has 0 bridgehead atoms. The van der Waals surface area contributed by atoms with E-state index in [1.54, 1.807) is 11.8 Å². The van der Waals surface area contributed by atoms with Crippen LogP contribution in [0.5, 0.6) is 0 Å². The summed E-state index contributed by atoms with van der Waals surface area (Å²) in [6, 6.07) is 27.2. The van der Waals surface area contributed by atoms with Crippen LogP contribution in [0.25, 0.3) is 5.57 Å². The molecule has 1 N–H and O–H groups in total. The molecule has 154 valence electrons. The highest BCUT2D eigenvalue weighted by Crippen LogP contribution is 2.46. The fourth-order valence-electron chi connectivity index (χ4n) is 3.68. The van der Waals surface area contributed by atoms with Crippen molar-refractivity contribution in [3.8, 4) is 0 Å². The summed E-state index contributed by atoms with van der Waals surface area (Å²) in [6.07, 6.45) is 0.413. The SMILES string of the molecule is O=S(=O)(O)CCCSC=C1c2ccccc2N(Cc2ccccc2)c2ccccc21. The van der Waals surface area contributed by atoms with Crippen molar-refractivity contribution in [2.45, 2.75) is 13.0 Å². The third kappa shape index (κ3) is 4.78. The van der Waals surface area contributed by atoms with Crippen LogP contribution in [0.15, 0.2) is 84.3 Å². The lowest BCUT2D eigenvalue weighted by atomic mass is 9.91. The van der Waals surface area contributed by atoms with Crippen molar-refractivity contribution in [3.63, 3.8) is 0 Å². The summed E-state index contributed by atoms with van der Waals surface area (Å²) in [7, 11) is -3.90. The molecule has 4 nitrogen and oxygen atoms in total. The van der Waals surface area contributed by atoms with Gasteiger partial charge in [-0.25, -0.2) is 0 Å². The summed E-state index contributed by atoms with van der Waals surface area (Å²) in [5.41, 5.74) is 7.02. The van der Waals surface area contributed by atoms with Crippen LogP contribution in [-0.4, -0.2) is 24.5 Å². The molecule has 1 aliphatic rings. The lowest BCUT2D eigenvalue weighted by molar-refractivity contribution is 0.482. The van der Waals surface area contributed by atoms with E-state index in [4.69, 9.17) is 4.55 Å². The lowest BCUT2D eigenvalue weighted by Crippen LogP contribution is -2.22. The van der Waals surface area contributed by atoms with Gasteiger partial charge in [0.05, 0.1) is 5.75 Å². The first-order valence-corrected chi connectivity index (χ1v) is 12.5. The second kappa shape index (κ2) is 9.08. The van der Waals surface area contributed by atoms with Gasteiger partial charge in [-0.05, 0) is 40.9 Å². The number of rotatable bonds is 7. The minimum atomic E-state index is -3.90. The topological polar surface area (TPSA) is 57.6 Å². The molecule has 0 aliphatic carbocycles. The molecule has 0 amide bonds. The average molecular weight is 438 g/mol. The van der Waals surface area contributed by atoms with Gasteiger partial charge in [0.2, 0.25) is 0 Å². The summed E-state index contributed by atoms with van der Waals surface area (Å²) < 4.78 is 30.8. The number of anilines is 2. The maximum absolute atomic E-state index is 10.9. The van der Waals surface area contributed by atoms with E-state index in [0.29, 0.717) is 12.2 Å². The first-order valence-electron chi connectivity index (χ1n) is 9.80. The van der Waals surface area contributed by atoms with Gasteiger partial charge < -0.3 is 4.90 Å². The average Bonchev–Trinajstić information content (AvgIpc) is 2.75.